The van der Waals surface area contributed by atoms with Crippen LogP contribution in [0.25, 0.3) is 21.8 Å². The zero-order chi connectivity index (χ0) is 17.9. The van der Waals surface area contributed by atoms with Crippen LogP contribution in [-0.4, -0.2) is 25.8 Å². The molecule has 4 aromatic rings. The molecule has 0 radical (unpaired) electrons. The van der Waals surface area contributed by atoms with Gasteiger partial charge in [0, 0.05) is 28.2 Å². The van der Waals surface area contributed by atoms with E-state index in [0.29, 0.717) is 17.2 Å². The van der Waals surface area contributed by atoms with E-state index in [9.17, 15) is 4.79 Å². The molecule has 0 bridgehead atoms. The van der Waals surface area contributed by atoms with Crippen molar-refractivity contribution in [1.82, 2.24) is 19.9 Å². The summed E-state index contributed by atoms with van der Waals surface area (Å²) >= 11 is 0. The second kappa shape index (κ2) is 6.64. The Balaban J connectivity index is 1.70. The van der Waals surface area contributed by atoms with Crippen LogP contribution in [0.5, 0.6) is 0 Å². The zero-order valence-corrected chi connectivity index (χ0v) is 14.0. The van der Waals surface area contributed by atoms with Gasteiger partial charge in [-0.25, -0.2) is 15.0 Å². The molecule has 7 nitrogen and oxygen atoms in total. The maximum atomic E-state index is 11.7. The number of nitrogens with one attached hydrogen (secondary N) is 3. The maximum Gasteiger partial charge on any atom is 0.249 e. The standard InChI is InChI=1S/C19H16N6O/c1-2-3-18(26)25-17-9-14-16(10-21-17)22-11-23-19(14)24-13-4-5-15-12(8-13)6-7-20-15/h2-11,20H,1H3,(H,21,25,26)(H,22,23,24). The van der Waals surface area contributed by atoms with Gasteiger partial charge in [0.15, 0.2) is 0 Å². The minimum atomic E-state index is -0.233. The normalized spacial score (nSPS) is 11.3. The molecule has 128 valence electrons. The third kappa shape index (κ3) is 3.10. The average molecular weight is 344 g/mol. The van der Waals surface area contributed by atoms with Crippen LogP contribution >= 0.6 is 0 Å². The number of H-pyrrole nitrogens is 1. The first-order valence-electron chi connectivity index (χ1n) is 8.11. The molecule has 0 saturated heterocycles. The summed E-state index contributed by atoms with van der Waals surface area (Å²) in [7, 11) is 0. The minimum Gasteiger partial charge on any atom is -0.361 e. The molecule has 0 aliphatic rings. The summed E-state index contributed by atoms with van der Waals surface area (Å²) in [6.45, 7) is 1.78. The number of rotatable bonds is 4. The zero-order valence-electron chi connectivity index (χ0n) is 14.0. The Bertz CT molecular complexity index is 1130. The molecule has 0 spiro atoms. The summed E-state index contributed by atoms with van der Waals surface area (Å²) in [5.41, 5.74) is 2.67. The van der Waals surface area contributed by atoms with Gasteiger partial charge in [-0.05, 0) is 43.3 Å². The summed E-state index contributed by atoms with van der Waals surface area (Å²) in [6, 6.07) is 9.79. The van der Waals surface area contributed by atoms with E-state index in [-0.39, 0.29) is 5.91 Å². The predicted molar refractivity (Wildman–Crippen MR) is 102 cm³/mol. The average Bonchev–Trinajstić information content (AvgIpc) is 3.10. The fourth-order valence-electron chi connectivity index (χ4n) is 2.71. The van der Waals surface area contributed by atoms with Crippen LogP contribution in [0.1, 0.15) is 6.92 Å². The molecular weight excluding hydrogens is 328 g/mol. The number of hydrogen-bond donors (Lipinski definition) is 3. The van der Waals surface area contributed by atoms with Crippen LogP contribution in [0.3, 0.4) is 0 Å². The number of anilines is 3. The Morgan fingerprint density at radius 1 is 1.15 bits per heavy atom. The molecule has 3 N–H and O–H groups in total. The van der Waals surface area contributed by atoms with Crippen LogP contribution in [0.15, 0.2) is 61.2 Å². The van der Waals surface area contributed by atoms with Crippen molar-refractivity contribution in [3.8, 4) is 0 Å². The summed E-state index contributed by atoms with van der Waals surface area (Å²) in [6.07, 6.45) is 8.12. The molecule has 0 aliphatic carbocycles. The molecular formula is C19H16N6O. The molecule has 0 aliphatic heterocycles. The number of carbonyl (C=O) groups excluding carboxylic acids is 1. The smallest absolute Gasteiger partial charge is 0.249 e. The third-order valence-electron chi connectivity index (χ3n) is 3.91. The molecule has 3 aromatic heterocycles. The lowest BCUT2D eigenvalue weighted by Gasteiger charge is -2.09. The predicted octanol–water partition coefficient (Wildman–Crippen LogP) is 3.76. The second-order valence-electron chi connectivity index (χ2n) is 5.70. The summed E-state index contributed by atoms with van der Waals surface area (Å²) in [5.74, 6) is 0.858. The lowest BCUT2D eigenvalue weighted by atomic mass is 10.2. The number of aromatic nitrogens is 4. The maximum absolute atomic E-state index is 11.7. The highest BCUT2D eigenvalue weighted by molar-refractivity contribution is 6.00. The van der Waals surface area contributed by atoms with Gasteiger partial charge in [0.25, 0.3) is 0 Å². The summed E-state index contributed by atoms with van der Waals surface area (Å²) in [5, 5.41) is 7.91. The van der Waals surface area contributed by atoms with Gasteiger partial charge in [0.05, 0.1) is 11.7 Å². The Labute approximate surface area is 149 Å². The van der Waals surface area contributed by atoms with E-state index in [2.05, 4.69) is 30.6 Å². The van der Waals surface area contributed by atoms with Gasteiger partial charge < -0.3 is 15.6 Å². The van der Waals surface area contributed by atoms with Gasteiger partial charge >= 0.3 is 0 Å². The van der Waals surface area contributed by atoms with Gasteiger partial charge in [-0.3, -0.25) is 4.79 Å². The molecule has 0 saturated carbocycles. The minimum absolute atomic E-state index is 0.233. The topological polar surface area (TPSA) is 95.6 Å². The van der Waals surface area contributed by atoms with E-state index in [1.54, 1.807) is 25.3 Å². The van der Waals surface area contributed by atoms with E-state index in [1.165, 1.54) is 12.4 Å². The Hall–Kier alpha value is -3.74. The first-order chi connectivity index (χ1) is 12.7. The Morgan fingerprint density at radius 3 is 2.96 bits per heavy atom. The van der Waals surface area contributed by atoms with Crippen LogP contribution in [0.4, 0.5) is 17.3 Å². The quantitative estimate of drug-likeness (QED) is 0.490. The van der Waals surface area contributed by atoms with Gasteiger partial charge in [0.1, 0.15) is 18.0 Å². The number of hydrogen-bond acceptors (Lipinski definition) is 5. The van der Waals surface area contributed by atoms with Crippen LogP contribution < -0.4 is 10.6 Å². The van der Waals surface area contributed by atoms with Crippen molar-refractivity contribution in [2.24, 2.45) is 0 Å². The van der Waals surface area contributed by atoms with Crippen molar-refractivity contribution in [2.75, 3.05) is 10.6 Å². The molecule has 26 heavy (non-hydrogen) atoms. The van der Waals surface area contributed by atoms with Crippen LogP contribution in [0, 0.1) is 0 Å². The monoisotopic (exact) mass is 344 g/mol. The lowest BCUT2D eigenvalue weighted by Crippen LogP contribution is -2.09. The summed E-state index contributed by atoms with van der Waals surface area (Å²) in [4.78, 5) is 27.7. The molecule has 0 unspecified atom stereocenters. The number of aromatic amines is 1. The van der Waals surface area contributed by atoms with E-state index in [4.69, 9.17) is 0 Å². The number of allylic oxidation sites excluding steroid dienone is 1. The van der Waals surface area contributed by atoms with E-state index < -0.39 is 0 Å². The van der Waals surface area contributed by atoms with Crippen molar-refractivity contribution >= 4 is 45.0 Å². The fraction of sp³-hybridized carbons (Fsp3) is 0.0526. The SMILES string of the molecule is CC=CC(=O)Nc1cc2c(Nc3ccc4[nH]ccc4c3)ncnc2cn1. The fourth-order valence-corrected chi connectivity index (χ4v) is 2.71. The number of benzene rings is 1. The highest BCUT2D eigenvalue weighted by atomic mass is 16.1. The number of amides is 1. The number of carbonyl (C=O) groups is 1. The molecule has 0 fully saturated rings. The largest absolute Gasteiger partial charge is 0.361 e. The van der Waals surface area contributed by atoms with Gasteiger partial charge in [-0.2, -0.15) is 0 Å². The third-order valence-corrected chi connectivity index (χ3v) is 3.91. The number of nitrogens with zero attached hydrogens (tertiary/aromatic N) is 3. The molecule has 1 amide bonds. The second-order valence-corrected chi connectivity index (χ2v) is 5.70. The van der Waals surface area contributed by atoms with E-state index >= 15 is 0 Å². The Morgan fingerprint density at radius 2 is 2.08 bits per heavy atom. The van der Waals surface area contributed by atoms with E-state index in [0.717, 1.165) is 22.0 Å². The van der Waals surface area contributed by atoms with Crippen molar-refractivity contribution in [3.05, 3.63) is 61.2 Å². The first kappa shape index (κ1) is 15.8. The summed E-state index contributed by atoms with van der Waals surface area (Å²) < 4.78 is 0. The Kier molecular flexibility index (Phi) is 4.03. The number of fused-ring (bicyclic) bond motifs is 2. The van der Waals surface area contributed by atoms with Gasteiger partial charge in [0.2, 0.25) is 5.91 Å². The first-order valence-corrected chi connectivity index (χ1v) is 8.11. The highest BCUT2D eigenvalue weighted by Gasteiger charge is 2.08. The molecule has 3 heterocycles. The van der Waals surface area contributed by atoms with Crippen molar-refractivity contribution in [1.29, 1.82) is 0 Å². The molecule has 0 atom stereocenters. The lowest BCUT2D eigenvalue weighted by molar-refractivity contribution is -0.111. The van der Waals surface area contributed by atoms with Gasteiger partial charge in [-0.1, -0.05) is 6.08 Å². The number of pyridine rings is 1. The van der Waals surface area contributed by atoms with E-state index in [1.807, 2.05) is 30.5 Å². The molecule has 7 heteroatoms. The molecule has 1 aromatic carbocycles. The van der Waals surface area contributed by atoms with Crippen molar-refractivity contribution in [3.63, 3.8) is 0 Å². The van der Waals surface area contributed by atoms with Crippen LogP contribution in [0.2, 0.25) is 0 Å². The van der Waals surface area contributed by atoms with Gasteiger partial charge in [-0.15, -0.1) is 0 Å². The molecule has 4 rings (SSSR count). The van der Waals surface area contributed by atoms with Crippen molar-refractivity contribution < 1.29 is 4.79 Å². The van der Waals surface area contributed by atoms with Crippen LogP contribution in [-0.2, 0) is 4.79 Å². The van der Waals surface area contributed by atoms with Crippen molar-refractivity contribution in [2.45, 2.75) is 6.92 Å². The highest BCUT2D eigenvalue weighted by Crippen LogP contribution is 2.26.